The Morgan fingerprint density at radius 1 is 1.11 bits per heavy atom. The van der Waals surface area contributed by atoms with E-state index < -0.39 is 12.0 Å². The summed E-state index contributed by atoms with van der Waals surface area (Å²) in [4.78, 5) is 32.0. The van der Waals surface area contributed by atoms with E-state index in [1.807, 2.05) is 13.0 Å². The van der Waals surface area contributed by atoms with Crippen LogP contribution in [0.1, 0.15) is 37.9 Å². The molecule has 0 N–H and O–H groups in total. The fourth-order valence-corrected chi connectivity index (χ4v) is 5.46. The Balaban J connectivity index is 1.96. The average Bonchev–Trinajstić information content (AvgIpc) is 3.18. The zero-order valence-corrected chi connectivity index (χ0v) is 22.7. The van der Waals surface area contributed by atoms with Gasteiger partial charge in [0, 0.05) is 5.56 Å². The Morgan fingerprint density at radius 2 is 1.86 bits per heavy atom. The van der Waals surface area contributed by atoms with Crippen LogP contribution in [0.15, 0.2) is 57.5 Å². The van der Waals surface area contributed by atoms with Gasteiger partial charge in [-0.1, -0.05) is 29.0 Å². The Kier molecular flexibility index (Phi) is 8.04. The molecular weight excluding hydrogens is 516 g/mol. The lowest BCUT2D eigenvalue weighted by molar-refractivity contribution is -0.139. The van der Waals surface area contributed by atoms with Gasteiger partial charge < -0.3 is 18.9 Å². The van der Waals surface area contributed by atoms with Gasteiger partial charge in [-0.25, -0.2) is 9.79 Å². The maximum absolute atomic E-state index is 13.8. The normalized spacial score (nSPS) is 15.2. The van der Waals surface area contributed by atoms with Gasteiger partial charge in [-0.3, -0.25) is 9.36 Å². The summed E-state index contributed by atoms with van der Waals surface area (Å²) in [6.07, 6.45) is 1.74. The third kappa shape index (κ3) is 5.14. The van der Waals surface area contributed by atoms with Gasteiger partial charge in [0.2, 0.25) is 0 Å². The predicted molar refractivity (Wildman–Crippen MR) is 143 cm³/mol. The number of thiazole rings is 1. The molecule has 0 aliphatic carbocycles. The third-order valence-corrected chi connectivity index (χ3v) is 7.08. The lowest BCUT2D eigenvalue weighted by atomic mass is 9.94. The van der Waals surface area contributed by atoms with Crippen LogP contribution in [0.3, 0.4) is 0 Å². The number of halogens is 1. The van der Waals surface area contributed by atoms with Crippen molar-refractivity contribution in [1.29, 1.82) is 0 Å². The van der Waals surface area contributed by atoms with Crippen LogP contribution in [-0.2, 0) is 9.53 Å². The van der Waals surface area contributed by atoms with Crippen molar-refractivity contribution in [2.24, 2.45) is 4.99 Å². The summed E-state index contributed by atoms with van der Waals surface area (Å²) in [5.74, 6) is 1.07. The van der Waals surface area contributed by atoms with Gasteiger partial charge in [0.1, 0.15) is 23.3 Å². The van der Waals surface area contributed by atoms with Gasteiger partial charge in [0.05, 0.1) is 48.3 Å². The van der Waals surface area contributed by atoms with E-state index in [0.717, 1.165) is 5.56 Å². The molecule has 0 spiro atoms. The van der Waals surface area contributed by atoms with E-state index >= 15 is 0 Å². The zero-order valence-electron chi connectivity index (χ0n) is 21.2. The number of carbonyl (C=O) groups excluding carboxylic acids is 1. The molecule has 1 aromatic heterocycles. The van der Waals surface area contributed by atoms with Crippen molar-refractivity contribution < 1.29 is 23.7 Å². The molecule has 0 amide bonds. The van der Waals surface area contributed by atoms with Crippen LogP contribution in [0.25, 0.3) is 6.08 Å². The number of benzene rings is 2. The van der Waals surface area contributed by atoms with Gasteiger partial charge in [0.15, 0.2) is 4.80 Å². The van der Waals surface area contributed by atoms with Crippen LogP contribution >= 0.6 is 22.9 Å². The molecule has 1 aliphatic rings. The average molecular weight is 543 g/mol. The lowest BCUT2D eigenvalue weighted by Gasteiger charge is -2.26. The smallest absolute Gasteiger partial charge is 0.338 e. The first-order valence-electron chi connectivity index (χ1n) is 11.7. The number of esters is 1. The number of allylic oxidation sites excluding steroid dienone is 1. The molecule has 0 fully saturated rings. The lowest BCUT2D eigenvalue weighted by Crippen LogP contribution is -2.40. The second-order valence-corrected chi connectivity index (χ2v) is 9.45. The summed E-state index contributed by atoms with van der Waals surface area (Å²) in [6, 6.07) is 9.75. The Hall–Kier alpha value is -3.56. The van der Waals surface area contributed by atoms with Crippen LogP contribution in [0.4, 0.5) is 0 Å². The summed E-state index contributed by atoms with van der Waals surface area (Å²) in [5, 5.41) is 0.447. The zero-order chi connectivity index (χ0) is 26.7. The summed E-state index contributed by atoms with van der Waals surface area (Å²) in [6.45, 7) is 6.01. The number of ether oxygens (including phenoxy) is 4. The maximum atomic E-state index is 13.8. The maximum Gasteiger partial charge on any atom is 0.338 e. The number of methoxy groups -OCH3 is 2. The quantitative estimate of drug-likeness (QED) is 0.402. The fraction of sp³-hybridized carbons (Fsp3) is 0.296. The molecule has 3 aromatic rings. The monoisotopic (exact) mass is 542 g/mol. The highest BCUT2D eigenvalue weighted by atomic mass is 35.5. The molecule has 1 atom stereocenters. The topological polar surface area (TPSA) is 88.4 Å². The van der Waals surface area contributed by atoms with Crippen molar-refractivity contribution in [1.82, 2.24) is 4.57 Å². The third-order valence-electron chi connectivity index (χ3n) is 5.80. The van der Waals surface area contributed by atoms with E-state index in [1.165, 1.54) is 23.0 Å². The van der Waals surface area contributed by atoms with Crippen molar-refractivity contribution >= 4 is 35.0 Å². The molecule has 10 heteroatoms. The number of carbonyl (C=O) groups is 1. The van der Waals surface area contributed by atoms with Gasteiger partial charge in [-0.05, 0) is 62.7 Å². The molecule has 0 bridgehead atoms. The van der Waals surface area contributed by atoms with Crippen LogP contribution < -0.4 is 29.1 Å². The highest BCUT2D eigenvalue weighted by Gasteiger charge is 2.35. The van der Waals surface area contributed by atoms with Crippen LogP contribution in [0.5, 0.6) is 17.2 Å². The molecule has 0 saturated carbocycles. The first kappa shape index (κ1) is 26.5. The number of nitrogens with zero attached hydrogens (tertiary/aromatic N) is 2. The Labute approximate surface area is 223 Å². The van der Waals surface area contributed by atoms with Crippen molar-refractivity contribution in [2.45, 2.75) is 26.8 Å². The minimum atomic E-state index is -0.827. The SMILES string of the molecule is CCOC(=O)C1=C(C)N=c2s/c(=C\c3ccc(OCC)c(Cl)c3)c(=O)n2C1c1cc(OC)ccc1OC. The van der Waals surface area contributed by atoms with Crippen LogP contribution in [-0.4, -0.2) is 38.0 Å². The molecule has 0 radical (unpaired) electrons. The number of rotatable bonds is 8. The van der Waals surface area contributed by atoms with E-state index in [4.69, 9.17) is 30.5 Å². The second-order valence-electron chi connectivity index (χ2n) is 8.03. The first-order valence-corrected chi connectivity index (χ1v) is 12.9. The minimum absolute atomic E-state index is 0.181. The predicted octanol–water partition coefficient (Wildman–Crippen LogP) is 3.87. The molecule has 1 unspecified atom stereocenters. The summed E-state index contributed by atoms with van der Waals surface area (Å²) < 4.78 is 23.8. The fourth-order valence-electron chi connectivity index (χ4n) is 4.17. The number of aromatic nitrogens is 1. The van der Waals surface area contributed by atoms with Crippen molar-refractivity contribution in [3.05, 3.63) is 83.5 Å². The standard InChI is InChI=1S/C27H27ClN2O6S/c1-6-35-21-10-8-16(12-19(21)28)13-22-25(31)30-24(18-14-17(33-4)9-11-20(18)34-5)23(26(32)36-7-2)15(3)29-27(30)37-22/h8-14,24H,6-7H2,1-5H3/b22-13-. The van der Waals surface area contributed by atoms with Gasteiger partial charge in [-0.15, -0.1) is 0 Å². The van der Waals surface area contributed by atoms with E-state index in [9.17, 15) is 9.59 Å². The molecular formula is C27H27ClN2O6S. The number of hydrogen-bond donors (Lipinski definition) is 0. The molecule has 0 saturated heterocycles. The van der Waals surface area contributed by atoms with Crippen LogP contribution in [0.2, 0.25) is 5.02 Å². The molecule has 8 nitrogen and oxygen atoms in total. The Bertz CT molecular complexity index is 1560. The van der Waals surface area contributed by atoms with Crippen molar-refractivity contribution in [3.8, 4) is 17.2 Å². The van der Waals surface area contributed by atoms with E-state index in [1.54, 1.807) is 57.4 Å². The molecule has 194 valence electrons. The van der Waals surface area contributed by atoms with E-state index in [-0.39, 0.29) is 17.7 Å². The summed E-state index contributed by atoms with van der Waals surface area (Å²) in [5.41, 5.74) is 1.73. The van der Waals surface area contributed by atoms with Gasteiger partial charge >= 0.3 is 5.97 Å². The summed E-state index contributed by atoms with van der Waals surface area (Å²) in [7, 11) is 3.08. The molecule has 37 heavy (non-hydrogen) atoms. The molecule has 4 rings (SSSR count). The van der Waals surface area contributed by atoms with Crippen LogP contribution in [0, 0.1) is 0 Å². The summed E-state index contributed by atoms with van der Waals surface area (Å²) >= 11 is 7.58. The molecule has 1 aliphatic heterocycles. The molecule has 2 aromatic carbocycles. The first-order chi connectivity index (χ1) is 17.8. The second kappa shape index (κ2) is 11.2. The number of hydrogen-bond acceptors (Lipinski definition) is 8. The molecule has 2 heterocycles. The number of fused-ring (bicyclic) bond motifs is 1. The Morgan fingerprint density at radius 3 is 2.51 bits per heavy atom. The highest BCUT2D eigenvalue weighted by molar-refractivity contribution is 7.07. The van der Waals surface area contributed by atoms with Gasteiger partial charge in [0.25, 0.3) is 5.56 Å². The van der Waals surface area contributed by atoms with Crippen molar-refractivity contribution in [3.63, 3.8) is 0 Å². The van der Waals surface area contributed by atoms with E-state index in [2.05, 4.69) is 4.99 Å². The van der Waals surface area contributed by atoms with E-state index in [0.29, 0.717) is 49.5 Å². The highest BCUT2D eigenvalue weighted by Crippen LogP contribution is 2.37. The van der Waals surface area contributed by atoms with Crippen molar-refractivity contribution in [2.75, 3.05) is 27.4 Å². The largest absolute Gasteiger partial charge is 0.497 e. The minimum Gasteiger partial charge on any atom is -0.497 e. The van der Waals surface area contributed by atoms with Gasteiger partial charge in [-0.2, -0.15) is 0 Å².